The quantitative estimate of drug-likeness (QED) is 0.716. The van der Waals surface area contributed by atoms with E-state index >= 15 is 0 Å². The molecule has 14 heavy (non-hydrogen) atoms. The molecule has 2 heteroatoms. The second-order valence-electron chi connectivity index (χ2n) is 4.26. The monoisotopic (exact) mass is 191 g/mol. The molecule has 0 spiro atoms. The third kappa shape index (κ3) is 2.13. The second-order valence-corrected chi connectivity index (χ2v) is 4.26. The highest BCUT2D eigenvalue weighted by molar-refractivity contribution is 5.51. The molecule has 0 fully saturated rings. The Morgan fingerprint density at radius 3 is 2.50 bits per heavy atom. The fourth-order valence-corrected chi connectivity index (χ4v) is 1.33. The lowest BCUT2D eigenvalue weighted by Crippen LogP contribution is -2.14. The van der Waals surface area contributed by atoms with Gasteiger partial charge in [-0.2, -0.15) is 0 Å². The van der Waals surface area contributed by atoms with Gasteiger partial charge in [0, 0.05) is 0 Å². The molecule has 76 valence electrons. The third-order valence-electron chi connectivity index (χ3n) is 2.13. The van der Waals surface area contributed by atoms with Crippen LogP contribution in [-0.2, 0) is 5.41 Å². The third-order valence-corrected chi connectivity index (χ3v) is 2.13. The minimum absolute atomic E-state index is 0.0606. The van der Waals surface area contributed by atoms with Crippen LogP contribution in [0.2, 0.25) is 0 Å². The van der Waals surface area contributed by atoms with Crippen molar-refractivity contribution in [2.24, 2.45) is 0 Å². The van der Waals surface area contributed by atoms with E-state index in [0.717, 1.165) is 17.0 Å². The summed E-state index contributed by atoms with van der Waals surface area (Å²) in [4.78, 5) is 4.29. The summed E-state index contributed by atoms with van der Waals surface area (Å²) in [6.45, 7) is 10.2. The van der Waals surface area contributed by atoms with Crippen molar-refractivity contribution in [3.05, 3.63) is 30.1 Å². The molecule has 1 heterocycles. The van der Waals surface area contributed by atoms with Gasteiger partial charge in [0.1, 0.15) is 5.75 Å². The molecule has 1 rings (SSSR count). The average molecular weight is 191 g/mol. The van der Waals surface area contributed by atoms with Crippen LogP contribution in [0.3, 0.4) is 0 Å². The lowest BCUT2D eigenvalue weighted by molar-refractivity contribution is 0.410. The van der Waals surface area contributed by atoms with Crippen LogP contribution in [0.25, 0.3) is 6.08 Å². The summed E-state index contributed by atoms with van der Waals surface area (Å²) in [6.07, 6.45) is 3.49. The van der Waals surface area contributed by atoms with Crippen molar-refractivity contribution >= 4 is 6.08 Å². The summed E-state index contributed by atoms with van der Waals surface area (Å²) in [5, 5.41) is 0. The van der Waals surface area contributed by atoms with Crippen molar-refractivity contribution in [3.63, 3.8) is 0 Å². The normalized spacial score (nSPS) is 11.1. The summed E-state index contributed by atoms with van der Waals surface area (Å²) in [6, 6.07) is 2.02. The molecule has 0 N–H and O–H groups in total. The van der Waals surface area contributed by atoms with E-state index in [0.29, 0.717) is 0 Å². The number of nitrogens with zero attached hydrogens (tertiary/aromatic N) is 1. The van der Waals surface area contributed by atoms with Gasteiger partial charge < -0.3 is 4.74 Å². The lowest BCUT2D eigenvalue weighted by Gasteiger charge is -2.21. The standard InChI is InChI=1S/C12H17NO/c1-6-11-10(12(2,3)4)7-9(14-5)8-13-11/h6-8H,1H2,2-5H3. The average Bonchev–Trinajstić information content (AvgIpc) is 2.15. The fourth-order valence-electron chi connectivity index (χ4n) is 1.33. The fraction of sp³-hybridized carbons (Fsp3) is 0.417. The molecule has 0 radical (unpaired) electrons. The van der Waals surface area contributed by atoms with Gasteiger partial charge in [0.15, 0.2) is 0 Å². The first-order chi connectivity index (χ1) is 6.49. The van der Waals surface area contributed by atoms with Crippen LogP contribution >= 0.6 is 0 Å². The Kier molecular flexibility index (Phi) is 2.94. The smallest absolute Gasteiger partial charge is 0.137 e. The molecular formula is C12H17NO. The zero-order valence-electron chi connectivity index (χ0n) is 9.29. The number of aromatic nitrogens is 1. The van der Waals surface area contributed by atoms with Crippen LogP contribution in [0.15, 0.2) is 18.8 Å². The van der Waals surface area contributed by atoms with Crippen molar-refractivity contribution in [1.29, 1.82) is 0 Å². The van der Waals surface area contributed by atoms with Gasteiger partial charge in [0.25, 0.3) is 0 Å². The van der Waals surface area contributed by atoms with Crippen molar-refractivity contribution < 1.29 is 4.74 Å². The van der Waals surface area contributed by atoms with Crippen LogP contribution in [-0.4, -0.2) is 12.1 Å². The predicted molar refractivity (Wildman–Crippen MR) is 59.6 cm³/mol. The minimum Gasteiger partial charge on any atom is -0.495 e. The van der Waals surface area contributed by atoms with Gasteiger partial charge in [-0.3, -0.25) is 4.98 Å². The van der Waals surface area contributed by atoms with E-state index in [2.05, 4.69) is 32.3 Å². The summed E-state index contributed by atoms with van der Waals surface area (Å²) < 4.78 is 5.15. The summed E-state index contributed by atoms with van der Waals surface area (Å²) in [5.74, 6) is 0.792. The zero-order valence-corrected chi connectivity index (χ0v) is 9.29. The second kappa shape index (κ2) is 3.82. The molecule has 0 saturated heterocycles. The number of rotatable bonds is 2. The Labute approximate surface area is 85.6 Å². The molecule has 1 aromatic heterocycles. The van der Waals surface area contributed by atoms with Crippen molar-refractivity contribution in [3.8, 4) is 5.75 Å². The number of methoxy groups -OCH3 is 1. The molecule has 0 atom stereocenters. The SMILES string of the molecule is C=Cc1ncc(OC)cc1C(C)(C)C. The molecule has 0 aromatic carbocycles. The first-order valence-corrected chi connectivity index (χ1v) is 4.66. The highest BCUT2D eigenvalue weighted by Crippen LogP contribution is 2.28. The Morgan fingerprint density at radius 2 is 2.07 bits per heavy atom. The van der Waals surface area contributed by atoms with E-state index in [1.54, 1.807) is 19.4 Å². The van der Waals surface area contributed by atoms with E-state index in [1.165, 1.54) is 0 Å². The van der Waals surface area contributed by atoms with Crippen molar-refractivity contribution in [2.45, 2.75) is 26.2 Å². The minimum atomic E-state index is 0.0606. The molecule has 0 saturated carbocycles. The molecule has 0 amide bonds. The van der Waals surface area contributed by atoms with Crippen molar-refractivity contribution in [1.82, 2.24) is 4.98 Å². The molecule has 0 aliphatic carbocycles. The van der Waals surface area contributed by atoms with E-state index in [-0.39, 0.29) is 5.41 Å². The number of hydrogen-bond acceptors (Lipinski definition) is 2. The van der Waals surface area contributed by atoms with Crippen LogP contribution in [0.5, 0.6) is 5.75 Å². The van der Waals surface area contributed by atoms with E-state index in [1.807, 2.05) is 6.07 Å². The van der Waals surface area contributed by atoms with E-state index < -0.39 is 0 Å². The maximum atomic E-state index is 5.15. The molecular weight excluding hydrogens is 174 g/mol. The molecule has 0 aliphatic heterocycles. The molecule has 0 unspecified atom stereocenters. The van der Waals surface area contributed by atoms with Crippen LogP contribution in [0.4, 0.5) is 0 Å². The molecule has 0 bridgehead atoms. The van der Waals surface area contributed by atoms with Gasteiger partial charge in [0.05, 0.1) is 19.0 Å². The largest absolute Gasteiger partial charge is 0.495 e. The summed E-state index contributed by atoms with van der Waals surface area (Å²) >= 11 is 0. The summed E-state index contributed by atoms with van der Waals surface area (Å²) in [7, 11) is 1.65. The lowest BCUT2D eigenvalue weighted by atomic mass is 9.85. The van der Waals surface area contributed by atoms with Crippen molar-refractivity contribution in [2.75, 3.05) is 7.11 Å². The summed E-state index contributed by atoms with van der Waals surface area (Å²) in [5.41, 5.74) is 2.15. The Morgan fingerprint density at radius 1 is 1.43 bits per heavy atom. The van der Waals surface area contributed by atoms with E-state index in [9.17, 15) is 0 Å². The highest BCUT2D eigenvalue weighted by Gasteiger charge is 2.18. The van der Waals surface area contributed by atoms with E-state index in [4.69, 9.17) is 4.74 Å². The molecule has 1 aromatic rings. The van der Waals surface area contributed by atoms with Crippen LogP contribution in [0.1, 0.15) is 32.0 Å². The Hall–Kier alpha value is -1.31. The van der Waals surface area contributed by atoms with Gasteiger partial charge in [-0.15, -0.1) is 0 Å². The number of hydrogen-bond donors (Lipinski definition) is 0. The van der Waals surface area contributed by atoms with Gasteiger partial charge in [-0.05, 0) is 23.1 Å². The maximum absolute atomic E-state index is 5.15. The van der Waals surface area contributed by atoms with Crippen LogP contribution < -0.4 is 4.74 Å². The van der Waals surface area contributed by atoms with Gasteiger partial charge >= 0.3 is 0 Å². The number of ether oxygens (including phenoxy) is 1. The predicted octanol–water partition coefficient (Wildman–Crippen LogP) is 3.03. The van der Waals surface area contributed by atoms with Gasteiger partial charge in [-0.25, -0.2) is 0 Å². The van der Waals surface area contributed by atoms with Gasteiger partial charge in [-0.1, -0.05) is 27.4 Å². The number of pyridine rings is 1. The first kappa shape index (κ1) is 10.8. The highest BCUT2D eigenvalue weighted by atomic mass is 16.5. The Bertz CT molecular complexity index is 337. The zero-order chi connectivity index (χ0) is 10.8. The maximum Gasteiger partial charge on any atom is 0.137 e. The van der Waals surface area contributed by atoms with Gasteiger partial charge in [0.2, 0.25) is 0 Å². The van der Waals surface area contributed by atoms with Crippen LogP contribution in [0, 0.1) is 0 Å². The topological polar surface area (TPSA) is 22.1 Å². The first-order valence-electron chi connectivity index (χ1n) is 4.66. The molecule has 2 nitrogen and oxygen atoms in total. The Balaban J connectivity index is 3.29. The molecule has 0 aliphatic rings.